The summed E-state index contributed by atoms with van der Waals surface area (Å²) in [5.41, 5.74) is 0.492. The van der Waals surface area contributed by atoms with Crippen LogP contribution >= 0.6 is 0 Å². The molecule has 6 N–H and O–H groups in total. The van der Waals surface area contributed by atoms with Gasteiger partial charge in [0, 0.05) is 17.5 Å². The van der Waals surface area contributed by atoms with E-state index in [0.29, 0.717) is 17.4 Å². The average Bonchev–Trinajstić information content (AvgIpc) is 3.00. The molecule has 3 aromatic carbocycles. The Balaban J connectivity index is 0.000000327. The third-order valence-corrected chi connectivity index (χ3v) is 8.02. The number of fused-ring (bicyclic) bond motifs is 1. The van der Waals surface area contributed by atoms with Crippen LogP contribution in [0.25, 0.3) is 10.8 Å². The van der Waals surface area contributed by atoms with Crippen LogP contribution in [-0.4, -0.2) is 89.3 Å². The molecule has 0 aliphatic heterocycles. The number of carboxylic acids is 2. The molecule has 254 valence electrons. The van der Waals surface area contributed by atoms with Crippen LogP contribution in [0.4, 0.5) is 0 Å². The van der Waals surface area contributed by atoms with Gasteiger partial charge in [0.05, 0.1) is 17.1 Å². The van der Waals surface area contributed by atoms with E-state index < -0.39 is 80.4 Å². The standard InChI is InChI=1S/C15H19NO7S.C15H15NO6S/c1-2-5-13(17)10-6-3-4-7-11(10)14(18)16-12(15(19)20)8-9-24(21,22)23;17-14(16-13(15(18)19)8-9-23(20,21)22)12-7-3-5-10-4-1-2-6-11(10)12/h3-4,6-7,12H,2,5,8-9H2,1H3,(H,16,18)(H,19,20)(H,21,22,23);1-7,13H,8-9H2,(H,16,17)(H,18,19)(H,20,21,22)/t12-;13-/m00/s1. The molecule has 0 saturated carbocycles. The van der Waals surface area contributed by atoms with Crippen molar-refractivity contribution in [1.29, 1.82) is 0 Å². The van der Waals surface area contributed by atoms with Gasteiger partial charge in [-0.05, 0) is 42.2 Å². The number of nitrogens with one attached hydrogen (secondary N) is 2. The number of Topliss-reactive ketones (excluding diaryl/α,β-unsaturated/α-hetero) is 1. The molecule has 0 spiro atoms. The third kappa shape index (κ3) is 12.9. The van der Waals surface area contributed by atoms with Crippen molar-refractivity contribution in [2.45, 2.75) is 44.7 Å². The van der Waals surface area contributed by atoms with Crippen LogP contribution in [-0.2, 0) is 29.8 Å². The zero-order valence-electron chi connectivity index (χ0n) is 25.0. The third-order valence-electron chi connectivity index (χ3n) is 6.52. The second-order valence-corrected chi connectivity index (χ2v) is 13.3. The van der Waals surface area contributed by atoms with Crippen molar-refractivity contribution in [3.63, 3.8) is 0 Å². The van der Waals surface area contributed by atoms with Crippen molar-refractivity contribution >= 4 is 60.5 Å². The van der Waals surface area contributed by atoms with Gasteiger partial charge in [-0.1, -0.05) is 61.5 Å². The Morgan fingerprint density at radius 3 is 1.55 bits per heavy atom. The minimum atomic E-state index is -4.35. The van der Waals surface area contributed by atoms with Gasteiger partial charge >= 0.3 is 11.9 Å². The van der Waals surface area contributed by atoms with E-state index >= 15 is 0 Å². The summed E-state index contributed by atoms with van der Waals surface area (Å²) < 4.78 is 60.4. The molecule has 0 unspecified atom stereocenters. The molecule has 0 bridgehead atoms. The van der Waals surface area contributed by atoms with Crippen LogP contribution in [0, 0.1) is 0 Å². The molecule has 0 saturated heterocycles. The second-order valence-electron chi connectivity index (χ2n) is 10.1. The number of benzene rings is 3. The fourth-order valence-corrected chi connectivity index (χ4v) is 5.30. The normalized spacial score (nSPS) is 12.6. The first kappa shape index (κ1) is 38.5. The largest absolute Gasteiger partial charge is 0.480 e. The Morgan fingerprint density at radius 1 is 0.638 bits per heavy atom. The van der Waals surface area contributed by atoms with Gasteiger partial charge in [-0.25, -0.2) is 9.59 Å². The van der Waals surface area contributed by atoms with Gasteiger partial charge in [0.15, 0.2) is 5.78 Å². The van der Waals surface area contributed by atoms with Gasteiger partial charge in [0.25, 0.3) is 32.1 Å². The number of aliphatic carboxylic acids is 2. The fourth-order valence-electron chi connectivity index (χ4n) is 4.23. The lowest BCUT2D eigenvalue weighted by Crippen LogP contribution is -2.42. The van der Waals surface area contributed by atoms with E-state index in [4.69, 9.17) is 19.3 Å². The highest BCUT2D eigenvalue weighted by molar-refractivity contribution is 7.86. The highest BCUT2D eigenvalue weighted by atomic mass is 32.2. The number of rotatable bonds is 15. The number of carbonyl (C=O) groups is 5. The van der Waals surface area contributed by atoms with Crippen LogP contribution in [0.5, 0.6) is 0 Å². The Labute approximate surface area is 270 Å². The molecule has 15 nitrogen and oxygen atoms in total. The van der Waals surface area contributed by atoms with E-state index in [1.807, 2.05) is 25.1 Å². The summed E-state index contributed by atoms with van der Waals surface area (Å²) in [4.78, 5) is 58.9. The van der Waals surface area contributed by atoms with Crippen molar-refractivity contribution in [3.8, 4) is 0 Å². The Hall–Kier alpha value is -4.71. The molecule has 47 heavy (non-hydrogen) atoms. The lowest BCUT2D eigenvalue weighted by atomic mass is 10.00. The summed E-state index contributed by atoms with van der Waals surface area (Å²) in [5, 5.41) is 24.1. The zero-order valence-corrected chi connectivity index (χ0v) is 26.7. The number of ketones is 1. The Kier molecular flexibility index (Phi) is 14.1. The maximum absolute atomic E-state index is 12.3. The molecule has 0 fully saturated rings. The SMILES string of the molecule is CCCC(=O)c1ccccc1C(=O)N[C@@H](CCS(=O)(=O)O)C(=O)O.O=C(N[C@@H](CCS(=O)(=O)O)C(=O)O)c1cccc2ccccc12. The number of carboxylic acid groups (broad SMARTS) is 2. The first-order valence-corrected chi connectivity index (χ1v) is 17.2. The zero-order chi connectivity index (χ0) is 35.4. The van der Waals surface area contributed by atoms with Gasteiger partial charge in [-0.15, -0.1) is 0 Å². The minimum absolute atomic E-state index is 0.0223. The molecular weight excluding hydrogens is 660 g/mol. The van der Waals surface area contributed by atoms with Crippen molar-refractivity contribution in [2.24, 2.45) is 0 Å². The van der Waals surface area contributed by atoms with E-state index in [0.717, 1.165) is 5.39 Å². The first-order valence-electron chi connectivity index (χ1n) is 14.0. The van der Waals surface area contributed by atoms with Crippen LogP contribution in [0.15, 0.2) is 66.7 Å². The van der Waals surface area contributed by atoms with E-state index in [9.17, 15) is 40.8 Å². The van der Waals surface area contributed by atoms with Gasteiger partial charge in [-0.2, -0.15) is 16.8 Å². The summed E-state index contributed by atoms with van der Waals surface area (Å²) in [5.74, 6) is -6.03. The second kappa shape index (κ2) is 17.3. The molecule has 0 radical (unpaired) electrons. The van der Waals surface area contributed by atoms with E-state index in [2.05, 4.69) is 10.6 Å². The summed E-state index contributed by atoms with van der Waals surface area (Å²) in [7, 11) is -8.65. The summed E-state index contributed by atoms with van der Waals surface area (Å²) in [6.45, 7) is 1.82. The van der Waals surface area contributed by atoms with Crippen molar-refractivity contribution in [1.82, 2.24) is 10.6 Å². The van der Waals surface area contributed by atoms with Gasteiger partial charge in [0.2, 0.25) is 0 Å². The van der Waals surface area contributed by atoms with Crippen molar-refractivity contribution < 1.29 is 60.1 Å². The molecule has 0 aromatic heterocycles. The van der Waals surface area contributed by atoms with Gasteiger partial charge in [-0.3, -0.25) is 23.5 Å². The number of hydrogen-bond donors (Lipinski definition) is 6. The van der Waals surface area contributed by atoms with Crippen LogP contribution in [0.3, 0.4) is 0 Å². The fraction of sp³-hybridized carbons (Fsp3) is 0.300. The van der Waals surface area contributed by atoms with Crippen molar-refractivity contribution in [3.05, 3.63) is 83.4 Å². The molecule has 17 heteroatoms. The molecular formula is C30H34N2O13S2. The maximum Gasteiger partial charge on any atom is 0.326 e. The topological polar surface area (TPSA) is 259 Å². The monoisotopic (exact) mass is 694 g/mol. The lowest BCUT2D eigenvalue weighted by molar-refractivity contribution is -0.140. The number of amides is 2. The molecule has 0 heterocycles. The lowest BCUT2D eigenvalue weighted by Gasteiger charge is -2.15. The summed E-state index contributed by atoms with van der Waals surface area (Å²) >= 11 is 0. The summed E-state index contributed by atoms with van der Waals surface area (Å²) in [6.07, 6.45) is -0.0774. The predicted octanol–water partition coefficient (Wildman–Crippen LogP) is 2.43. The maximum atomic E-state index is 12.3. The van der Waals surface area contributed by atoms with E-state index in [-0.39, 0.29) is 23.3 Å². The number of hydrogen-bond acceptors (Lipinski definition) is 9. The molecule has 2 amide bonds. The van der Waals surface area contributed by atoms with Gasteiger partial charge in [0.1, 0.15) is 12.1 Å². The molecule has 0 aliphatic rings. The highest BCUT2D eigenvalue weighted by Gasteiger charge is 2.25. The predicted molar refractivity (Wildman–Crippen MR) is 169 cm³/mol. The molecule has 3 rings (SSSR count). The highest BCUT2D eigenvalue weighted by Crippen LogP contribution is 2.19. The van der Waals surface area contributed by atoms with Crippen LogP contribution in [0.2, 0.25) is 0 Å². The summed E-state index contributed by atoms with van der Waals surface area (Å²) in [6, 6.07) is 15.2. The average molecular weight is 695 g/mol. The van der Waals surface area contributed by atoms with Gasteiger partial charge < -0.3 is 20.8 Å². The Morgan fingerprint density at radius 2 is 1.06 bits per heavy atom. The van der Waals surface area contributed by atoms with Crippen molar-refractivity contribution in [2.75, 3.05) is 11.5 Å². The van der Waals surface area contributed by atoms with E-state index in [1.54, 1.807) is 30.3 Å². The molecule has 0 aliphatic carbocycles. The number of carbonyl (C=O) groups excluding carboxylic acids is 3. The van der Waals surface area contributed by atoms with Crippen LogP contribution in [0.1, 0.15) is 63.7 Å². The first-order chi connectivity index (χ1) is 21.9. The molecule has 2 atom stereocenters. The van der Waals surface area contributed by atoms with Crippen LogP contribution < -0.4 is 10.6 Å². The van der Waals surface area contributed by atoms with E-state index in [1.165, 1.54) is 18.2 Å². The quantitative estimate of drug-likeness (QED) is 0.0988. The smallest absolute Gasteiger partial charge is 0.326 e. The Bertz CT molecular complexity index is 1840. The minimum Gasteiger partial charge on any atom is -0.480 e. The molecule has 3 aromatic rings.